The van der Waals surface area contributed by atoms with E-state index in [4.69, 9.17) is 37.0 Å². The molecule has 0 spiro atoms. The van der Waals surface area contributed by atoms with Crippen molar-refractivity contribution in [3.63, 3.8) is 0 Å². The van der Waals surface area contributed by atoms with Gasteiger partial charge in [-0.3, -0.25) is 37.3 Å². The zero-order valence-corrected chi connectivity index (χ0v) is 71.5. The van der Waals surface area contributed by atoms with Gasteiger partial charge < -0.3 is 33.8 Å². The van der Waals surface area contributed by atoms with Crippen molar-refractivity contribution in [1.82, 2.24) is 0 Å². The van der Waals surface area contributed by atoms with E-state index >= 15 is 0 Å². The summed E-state index contributed by atoms with van der Waals surface area (Å²) < 4.78 is 68.9. The van der Waals surface area contributed by atoms with Crippen LogP contribution < -0.4 is 0 Å². The monoisotopic (exact) mass is 1550 g/mol. The summed E-state index contributed by atoms with van der Waals surface area (Å²) in [7, 11) is -9.93. The molecule has 0 aliphatic carbocycles. The maximum Gasteiger partial charge on any atom is 0.472 e. The van der Waals surface area contributed by atoms with E-state index < -0.39 is 97.5 Å². The molecule has 0 saturated carbocycles. The number of hydrogen-bond acceptors (Lipinski definition) is 15. The molecule has 5 atom stereocenters. The number of carbonyl (C=O) groups excluding carboxylic acids is 4. The number of ether oxygens (including phenoxy) is 4. The van der Waals surface area contributed by atoms with Crippen molar-refractivity contribution in [2.24, 2.45) is 11.8 Å². The summed E-state index contributed by atoms with van der Waals surface area (Å²) in [6.45, 7) is 9.64. The zero-order chi connectivity index (χ0) is 77.8. The Kier molecular flexibility index (Phi) is 76.9. The minimum Gasteiger partial charge on any atom is -0.462 e. The SMILES string of the molecule is CCCCCCCCCCCCCCCCCCCCCCCC(=O)O[C@H](COC(=O)CCCCCCCCCCCCCCCCCCCC)COP(=O)(O)OC[C@@H](O)COP(=O)(O)OC[C@@H](COC(=O)CCCCCCCCCC(C)C)OC(=O)CCCCCCCCCCCCCCCCC(C)C. The number of unbranched alkanes of at least 4 members (excludes halogenated alkanes) is 56. The smallest absolute Gasteiger partial charge is 0.462 e. The van der Waals surface area contributed by atoms with Crippen molar-refractivity contribution in [3.8, 4) is 0 Å². The predicted molar refractivity (Wildman–Crippen MR) is 437 cm³/mol. The highest BCUT2D eigenvalue weighted by molar-refractivity contribution is 7.47. The van der Waals surface area contributed by atoms with E-state index in [1.54, 1.807) is 0 Å². The van der Waals surface area contributed by atoms with Crippen LogP contribution in [0.15, 0.2) is 0 Å². The first-order valence-electron chi connectivity index (χ1n) is 45.0. The van der Waals surface area contributed by atoms with Crippen LogP contribution in [0.3, 0.4) is 0 Å². The molecule has 0 fully saturated rings. The maximum atomic E-state index is 13.2. The summed E-state index contributed by atoms with van der Waals surface area (Å²) in [6, 6.07) is 0. The first kappa shape index (κ1) is 104. The summed E-state index contributed by atoms with van der Waals surface area (Å²) in [5.41, 5.74) is 0. The van der Waals surface area contributed by atoms with Gasteiger partial charge >= 0.3 is 39.5 Å². The van der Waals surface area contributed by atoms with Crippen molar-refractivity contribution >= 4 is 39.5 Å². The lowest BCUT2D eigenvalue weighted by atomic mass is 10.0. The molecule has 0 radical (unpaired) electrons. The van der Waals surface area contributed by atoms with Crippen molar-refractivity contribution in [2.45, 2.75) is 484 Å². The van der Waals surface area contributed by atoms with Gasteiger partial charge in [0.05, 0.1) is 26.4 Å². The molecule has 0 saturated heterocycles. The number of phosphoric ester groups is 2. The van der Waals surface area contributed by atoms with Gasteiger partial charge in [-0.1, -0.05) is 414 Å². The van der Waals surface area contributed by atoms with Crippen LogP contribution in [-0.4, -0.2) is 96.7 Å². The van der Waals surface area contributed by atoms with E-state index in [0.29, 0.717) is 31.6 Å². The fourth-order valence-corrected chi connectivity index (χ4v) is 15.2. The lowest BCUT2D eigenvalue weighted by Crippen LogP contribution is -2.30. The second kappa shape index (κ2) is 78.3. The molecule has 0 aromatic carbocycles. The average Bonchev–Trinajstić information content (AvgIpc) is 0.903. The third-order valence-corrected chi connectivity index (χ3v) is 22.4. The van der Waals surface area contributed by atoms with E-state index in [1.807, 2.05) is 0 Å². The Hall–Kier alpha value is -1.94. The molecule has 0 aromatic rings. The molecule has 3 N–H and O–H groups in total. The van der Waals surface area contributed by atoms with E-state index in [2.05, 4.69) is 41.5 Å². The van der Waals surface area contributed by atoms with Gasteiger partial charge in [-0.05, 0) is 37.5 Å². The lowest BCUT2D eigenvalue weighted by molar-refractivity contribution is -0.161. The molecule has 0 rings (SSSR count). The molecule has 2 unspecified atom stereocenters. The summed E-state index contributed by atoms with van der Waals surface area (Å²) in [6.07, 6.45) is 71.0. The highest BCUT2D eigenvalue weighted by atomic mass is 31.2. The highest BCUT2D eigenvalue weighted by Crippen LogP contribution is 2.45. The first-order valence-corrected chi connectivity index (χ1v) is 48.0. The highest BCUT2D eigenvalue weighted by Gasteiger charge is 2.30. The summed E-state index contributed by atoms with van der Waals surface area (Å²) in [4.78, 5) is 73.2. The largest absolute Gasteiger partial charge is 0.472 e. The lowest BCUT2D eigenvalue weighted by Gasteiger charge is -2.21. The Morgan fingerprint density at radius 2 is 0.434 bits per heavy atom. The topological polar surface area (TPSA) is 237 Å². The molecular formula is C87H170O17P2. The Morgan fingerprint density at radius 3 is 0.642 bits per heavy atom. The number of phosphoric acid groups is 2. The average molecular weight is 1550 g/mol. The Morgan fingerprint density at radius 1 is 0.255 bits per heavy atom. The normalized spacial score (nSPS) is 13.8. The summed E-state index contributed by atoms with van der Waals surface area (Å²) in [5.74, 6) is -0.602. The van der Waals surface area contributed by atoms with Gasteiger partial charge in [0, 0.05) is 25.7 Å². The molecule has 0 aromatic heterocycles. The summed E-state index contributed by atoms with van der Waals surface area (Å²) >= 11 is 0. The molecular weight excluding hydrogens is 1380 g/mol. The molecule has 106 heavy (non-hydrogen) atoms. The molecule has 0 amide bonds. The molecule has 0 heterocycles. The molecule has 19 heteroatoms. The van der Waals surface area contributed by atoms with Gasteiger partial charge in [0.15, 0.2) is 12.2 Å². The molecule has 630 valence electrons. The van der Waals surface area contributed by atoms with Gasteiger partial charge in [-0.2, -0.15) is 0 Å². The molecule has 0 bridgehead atoms. The second-order valence-electron chi connectivity index (χ2n) is 32.2. The number of carbonyl (C=O) groups is 4. The van der Waals surface area contributed by atoms with Gasteiger partial charge in [0.25, 0.3) is 0 Å². The number of rotatable bonds is 86. The van der Waals surface area contributed by atoms with Gasteiger partial charge in [-0.25, -0.2) is 9.13 Å². The fourth-order valence-electron chi connectivity index (χ4n) is 13.6. The van der Waals surface area contributed by atoms with Crippen LogP contribution >= 0.6 is 15.6 Å². The van der Waals surface area contributed by atoms with Crippen LogP contribution in [0.5, 0.6) is 0 Å². The zero-order valence-electron chi connectivity index (χ0n) is 69.7. The second-order valence-corrected chi connectivity index (χ2v) is 35.1. The van der Waals surface area contributed by atoms with Crippen LogP contribution in [0, 0.1) is 11.8 Å². The quantitative estimate of drug-likeness (QED) is 0.0222. The van der Waals surface area contributed by atoms with Crippen molar-refractivity contribution in [1.29, 1.82) is 0 Å². The van der Waals surface area contributed by atoms with E-state index in [-0.39, 0.29) is 25.7 Å². The maximum absolute atomic E-state index is 13.2. The number of esters is 4. The third kappa shape index (κ3) is 80.1. The van der Waals surface area contributed by atoms with Crippen molar-refractivity contribution < 1.29 is 80.2 Å². The van der Waals surface area contributed by atoms with E-state index in [1.165, 1.54) is 276 Å². The van der Waals surface area contributed by atoms with E-state index in [0.717, 1.165) is 102 Å². The van der Waals surface area contributed by atoms with Crippen LogP contribution in [0.2, 0.25) is 0 Å². The minimum absolute atomic E-state index is 0.107. The van der Waals surface area contributed by atoms with E-state index in [9.17, 15) is 43.2 Å². The third-order valence-electron chi connectivity index (χ3n) is 20.5. The molecule has 0 aliphatic heterocycles. The van der Waals surface area contributed by atoms with Crippen LogP contribution in [0.1, 0.15) is 465 Å². The van der Waals surface area contributed by atoms with Gasteiger partial charge in [0.2, 0.25) is 0 Å². The Bertz CT molecular complexity index is 2030. The first-order chi connectivity index (χ1) is 51.4. The fraction of sp³-hybridized carbons (Fsp3) is 0.954. The van der Waals surface area contributed by atoms with Crippen molar-refractivity contribution in [3.05, 3.63) is 0 Å². The predicted octanol–water partition coefficient (Wildman–Crippen LogP) is 26.6. The number of aliphatic hydroxyl groups excluding tert-OH is 1. The van der Waals surface area contributed by atoms with Crippen LogP contribution in [0.4, 0.5) is 0 Å². The Balaban J connectivity index is 5.22. The Labute approximate surface area is 651 Å². The molecule has 17 nitrogen and oxygen atoms in total. The van der Waals surface area contributed by atoms with Gasteiger partial charge in [0.1, 0.15) is 19.3 Å². The van der Waals surface area contributed by atoms with Gasteiger partial charge in [-0.15, -0.1) is 0 Å². The number of hydrogen-bond donors (Lipinski definition) is 3. The van der Waals surface area contributed by atoms with Crippen LogP contribution in [0.25, 0.3) is 0 Å². The molecule has 0 aliphatic rings. The summed E-state index contributed by atoms with van der Waals surface area (Å²) in [5, 5.41) is 10.7. The minimum atomic E-state index is -4.97. The van der Waals surface area contributed by atoms with Crippen LogP contribution in [-0.2, 0) is 65.4 Å². The number of aliphatic hydroxyl groups is 1. The standard InChI is InChI=1S/C87H170O17P2/c1-7-9-11-13-15-17-19-21-23-25-27-28-29-31-33-38-42-46-52-59-65-71-86(91)103-82(75-97-84(89)69-63-57-51-45-41-37-32-30-26-24-22-20-18-16-14-12-10-8-2)77-101-105(93,94)99-73-81(88)74-100-106(95,96)102-78-83(76-98-85(90)70-64-58-54-48-50-56-62-68-80(5)6)104-87(92)72-66-60-53-47-43-39-35-34-36-40-44-49-55-61-67-79(3)4/h79-83,88H,7-78H2,1-6H3,(H,93,94)(H,95,96)/t81-,82-,83-/m1/s1. The van der Waals surface area contributed by atoms with Crippen molar-refractivity contribution in [2.75, 3.05) is 39.6 Å².